The zero-order valence-corrected chi connectivity index (χ0v) is 37.7. The van der Waals surface area contributed by atoms with Crippen LogP contribution in [-0.2, 0) is 23.7 Å². The number of aryl methyl sites for hydroxylation is 2. The summed E-state index contributed by atoms with van der Waals surface area (Å²) in [7, 11) is 2.52. The minimum absolute atomic E-state index is 0.0594. The molecule has 307 valence electrons. The molecule has 0 saturated carbocycles. The molecule has 0 spiro atoms. The van der Waals surface area contributed by atoms with E-state index in [1.807, 2.05) is 11.3 Å². The third kappa shape index (κ3) is 4.99. The summed E-state index contributed by atoms with van der Waals surface area (Å²) in [5.74, 6) is 0. The molecule has 3 aromatic heterocycles. The van der Waals surface area contributed by atoms with E-state index in [4.69, 9.17) is 4.42 Å². The second-order valence-corrected chi connectivity index (χ2v) is 21.3. The Morgan fingerprint density at radius 1 is 0.656 bits per heavy atom. The summed E-state index contributed by atoms with van der Waals surface area (Å²) in [6, 6.07) is 50.7. The van der Waals surface area contributed by atoms with E-state index in [1.165, 1.54) is 127 Å². The highest BCUT2D eigenvalue weighted by atomic mass is 32.1. The first-order chi connectivity index (χ1) is 31.1. The molecule has 14 rings (SSSR count). The molecular formula is C59H46BN2OS. The van der Waals surface area contributed by atoms with Gasteiger partial charge in [-0.15, -0.1) is 11.3 Å². The highest BCUT2D eigenvalue weighted by molar-refractivity contribution is 7.26. The minimum Gasteiger partial charge on any atom is -0.455 e. The molecule has 0 amide bonds. The number of nitrogens with one attached hydrogen (secondary N) is 1. The van der Waals surface area contributed by atoms with Crippen molar-refractivity contribution < 1.29 is 4.42 Å². The van der Waals surface area contributed by atoms with Gasteiger partial charge in [-0.2, -0.15) is 0 Å². The molecule has 1 radical (unpaired) electrons. The van der Waals surface area contributed by atoms with Crippen molar-refractivity contribution in [3.8, 4) is 27.9 Å². The number of para-hydroxylation sites is 1. The van der Waals surface area contributed by atoms with Crippen LogP contribution in [0.5, 0.6) is 0 Å². The second kappa shape index (κ2) is 12.8. The quantitative estimate of drug-likeness (QED) is 0.180. The van der Waals surface area contributed by atoms with Crippen LogP contribution in [0.4, 0.5) is 11.4 Å². The second-order valence-electron chi connectivity index (χ2n) is 20.2. The van der Waals surface area contributed by atoms with Crippen LogP contribution in [0.15, 0.2) is 138 Å². The molecular weight excluding hydrogens is 796 g/mol. The summed E-state index contributed by atoms with van der Waals surface area (Å²) in [6.45, 7) is 11.6. The number of hydrogen-bond acceptors (Lipinski definition) is 3. The summed E-state index contributed by atoms with van der Waals surface area (Å²) < 4.78 is 12.5. The number of thiophene rings is 1. The minimum atomic E-state index is -0.191. The first-order valence-electron chi connectivity index (χ1n) is 23.0. The van der Waals surface area contributed by atoms with E-state index < -0.39 is 0 Å². The zero-order chi connectivity index (χ0) is 42.8. The van der Waals surface area contributed by atoms with Gasteiger partial charge >= 0.3 is 0 Å². The van der Waals surface area contributed by atoms with Crippen LogP contribution in [0.2, 0.25) is 0 Å². The van der Waals surface area contributed by atoms with Gasteiger partial charge in [0.05, 0.1) is 16.4 Å². The van der Waals surface area contributed by atoms with E-state index in [0.29, 0.717) is 0 Å². The fraction of sp³-hybridized carbons (Fsp3) is 0.186. The van der Waals surface area contributed by atoms with Crippen LogP contribution < -0.4 is 16.2 Å². The molecule has 8 aromatic carbocycles. The molecule has 0 saturated heterocycles. The van der Waals surface area contributed by atoms with Gasteiger partial charge in [-0.3, -0.25) is 0 Å². The smallest absolute Gasteiger partial charge is 0.198 e. The Morgan fingerprint density at radius 2 is 1.41 bits per heavy atom. The Labute approximate surface area is 377 Å². The Balaban J connectivity index is 1.15. The van der Waals surface area contributed by atoms with Gasteiger partial charge in [0.1, 0.15) is 11.2 Å². The maximum Gasteiger partial charge on any atom is 0.198 e. The molecule has 3 aliphatic rings. The van der Waals surface area contributed by atoms with Gasteiger partial charge in [-0.05, 0) is 142 Å². The summed E-state index contributed by atoms with van der Waals surface area (Å²) in [4.78, 5) is 0. The first kappa shape index (κ1) is 36.9. The fourth-order valence-electron chi connectivity index (χ4n) is 11.9. The van der Waals surface area contributed by atoms with Gasteiger partial charge in [-0.25, -0.2) is 0 Å². The summed E-state index contributed by atoms with van der Waals surface area (Å²) in [6.07, 6.45) is 4.72. The van der Waals surface area contributed by atoms with Crippen molar-refractivity contribution in [2.75, 3.05) is 5.32 Å². The zero-order valence-electron chi connectivity index (χ0n) is 36.9. The van der Waals surface area contributed by atoms with E-state index in [9.17, 15) is 0 Å². The van der Waals surface area contributed by atoms with E-state index in [-0.39, 0.29) is 10.8 Å². The fourth-order valence-corrected chi connectivity index (χ4v) is 13.0. The lowest BCUT2D eigenvalue weighted by molar-refractivity contribution is 0.590. The van der Waals surface area contributed by atoms with Gasteiger partial charge in [0.25, 0.3) is 0 Å². The highest BCUT2D eigenvalue weighted by Gasteiger charge is 2.38. The highest BCUT2D eigenvalue weighted by Crippen LogP contribution is 2.54. The summed E-state index contributed by atoms with van der Waals surface area (Å²) >= 11 is 1.90. The topological polar surface area (TPSA) is 30.1 Å². The van der Waals surface area contributed by atoms with Crippen molar-refractivity contribution in [1.29, 1.82) is 0 Å². The third-order valence-electron chi connectivity index (χ3n) is 15.1. The van der Waals surface area contributed by atoms with Crippen molar-refractivity contribution in [2.45, 2.75) is 71.1 Å². The summed E-state index contributed by atoms with van der Waals surface area (Å²) in [5.41, 5.74) is 22.2. The molecule has 0 bridgehead atoms. The van der Waals surface area contributed by atoms with E-state index >= 15 is 0 Å². The molecule has 64 heavy (non-hydrogen) atoms. The number of aromatic nitrogens is 1. The van der Waals surface area contributed by atoms with E-state index in [1.54, 1.807) is 0 Å². The molecule has 0 atom stereocenters. The van der Waals surface area contributed by atoms with Gasteiger partial charge in [0.2, 0.25) is 0 Å². The molecule has 0 unspecified atom stereocenters. The Kier molecular flexibility index (Phi) is 7.37. The first-order valence-corrected chi connectivity index (χ1v) is 23.9. The monoisotopic (exact) mass is 841 g/mol. The Hall–Kier alpha value is -6.56. The number of rotatable bonds is 3. The lowest BCUT2D eigenvalue weighted by Crippen LogP contribution is -2.37. The molecule has 3 nitrogen and oxygen atoms in total. The van der Waals surface area contributed by atoms with Crippen molar-refractivity contribution in [2.24, 2.45) is 0 Å². The molecule has 1 N–H and O–H groups in total. The van der Waals surface area contributed by atoms with Crippen LogP contribution in [0.3, 0.4) is 0 Å². The SMILES string of the molecule is CC(C)(C)c1ccc(Nc2cc3c(cc2-c2c4c5c(c6cc7c(cc6n5-c5cc6c(cc5[B]4)sc4ccccc46)CCCC7)c4oc5ccccc5c24)C(C)(C)c2ccccc2-3)cc1. The van der Waals surface area contributed by atoms with Gasteiger partial charge in [-0.1, -0.05) is 113 Å². The van der Waals surface area contributed by atoms with Crippen LogP contribution in [-0.4, -0.2) is 11.8 Å². The average Bonchev–Trinajstić information content (AvgIpc) is 4.02. The van der Waals surface area contributed by atoms with Crippen LogP contribution in [0.1, 0.15) is 75.3 Å². The number of nitrogens with zero attached hydrogens (tertiary/aromatic N) is 1. The van der Waals surface area contributed by atoms with Crippen molar-refractivity contribution >= 4 is 105 Å². The maximum absolute atomic E-state index is 7.26. The lowest BCUT2D eigenvalue weighted by Gasteiger charge is -2.27. The van der Waals surface area contributed by atoms with Gasteiger partial charge in [0.15, 0.2) is 7.28 Å². The maximum atomic E-state index is 7.26. The number of anilines is 2. The van der Waals surface area contributed by atoms with Gasteiger partial charge in [0, 0.05) is 64.4 Å². The third-order valence-corrected chi connectivity index (χ3v) is 16.2. The van der Waals surface area contributed by atoms with Gasteiger partial charge < -0.3 is 14.3 Å². The Bertz CT molecular complexity index is 3850. The summed E-state index contributed by atoms with van der Waals surface area (Å²) in [5, 5.41) is 11.5. The number of furan rings is 1. The van der Waals surface area contributed by atoms with Crippen LogP contribution in [0.25, 0.3) is 91.9 Å². The molecule has 5 heteroatoms. The van der Waals surface area contributed by atoms with Crippen LogP contribution in [0, 0.1) is 0 Å². The number of fused-ring (bicyclic) bond motifs is 16. The standard InChI is InChI=1S/C59H46BN2OS/c1-58(2,3)34-22-24-35(25-23-34)61-46-29-39-36-16-8-11-19-43(36)59(4,5)44(39)28-41(46)52-53-38-18-9-12-20-49(38)63-57(53)54-42-26-32-14-6-7-15-33(32)27-47(42)62-48-30-40-37-17-10-13-21-50(37)64-51(40)31-45(48)60-55(52)56(54)62/h8-13,16-31,61H,6-7,14-15H2,1-5H3. The van der Waals surface area contributed by atoms with Crippen molar-refractivity contribution in [3.63, 3.8) is 0 Å². The van der Waals surface area contributed by atoms with Crippen molar-refractivity contribution in [3.05, 3.63) is 161 Å². The predicted molar refractivity (Wildman–Crippen MR) is 274 cm³/mol. The predicted octanol–water partition coefficient (Wildman–Crippen LogP) is 14.9. The molecule has 11 aromatic rings. The molecule has 0 fully saturated rings. The number of benzene rings is 8. The van der Waals surface area contributed by atoms with E-state index in [0.717, 1.165) is 40.8 Å². The Morgan fingerprint density at radius 3 is 2.23 bits per heavy atom. The molecule has 4 heterocycles. The number of hydrogen-bond donors (Lipinski definition) is 1. The van der Waals surface area contributed by atoms with E-state index in [2.05, 4.69) is 185 Å². The largest absolute Gasteiger partial charge is 0.455 e. The van der Waals surface area contributed by atoms with Crippen LogP contribution >= 0.6 is 11.3 Å². The lowest BCUT2D eigenvalue weighted by atomic mass is 9.58. The molecule has 2 aliphatic carbocycles. The molecule has 1 aliphatic heterocycles. The normalized spacial score (nSPS) is 15.0. The van der Waals surface area contributed by atoms with Crippen molar-refractivity contribution in [1.82, 2.24) is 4.57 Å². The average molecular weight is 842 g/mol.